The van der Waals surface area contributed by atoms with Gasteiger partial charge in [0.05, 0.1) is 11.4 Å². The lowest BCUT2D eigenvalue weighted by Crippen LogP contribution is -2.34. The van der Waals surface area contributed by atoms with Crippen molar-refractivity contribution >= 4 is 51.1 Å². The zero-order chi connectivity index (χ0) is 37.0. The molecule has 2 atom stereocenters. The molecule has 0 unspecified atom stereocenters. The first-order valence-corrected chi connectivity index (χ1v) is 18.3. The molecule has 1 amide bonds. The number of aromatic amines is 2. The zero-order valence-corrected chi connectivity index (χ0v) is 31.2. The van der Waals surface area contributed by atoms with Crippen molar-refractivity contribution in [3.63, 3.8) is 0 Å². The van der Waals surface area contributed by atoms with E-state index in [1.807, 2.05) is 26.0 Å². The predicted octanol–water partition coefficient (Wildman–Crippen LogP) is 8.62. The molecule has 4 N–H and O–H groups in total. The Hall–Kier alpha value is -4.73. The molecule has 10 nitrogen and oxygen atoms in total. The Morgan fingerprint density at radius 3 is 2.22 bits per heavy atom. The quantitative estimate of drug-likeness (QED) is 0.123. The summed E-state index contributed by atoms with van der Waals surface area (Å²) in [7, 11) is 3.58. The molecule has 0 fully saturated rings. The van der Waals surface area contributed by atoms with Gasteiger partial charge in [0.1, 0.15) is 0 Å². The summed E-state index contributed by atoms with van der Waals surface area (Å²) in [6.07, 6.45) is 7.45. The molecule has 0 saturated heterocycles. The van der Waals surface area contributed by atoms with Crippen LogP contribution in [0.5, 0.6) is 0 Å². The molecular formula is C41H53N5O5. The Balaban J connectivity index is 1.84. The number of carbonyl (C=O) groups is 3. The maximum Gasteiger partial charge on any atom is 0.303 e. The second kappa shape index (κ2) is 15.7. The molecule has 0 radical (unpaired) electrons. The summed E-state index contributed by atoms with van der Waals surface area (Å²) in [4.78, 5) is 56.1. The number of hydrogen-bond acceptors (Lipinski definition) is 5. The van der Waals surface area contributed by atoms with Gasteiger partial charge in [-0.15, -0.1) is 0 Å². The number of H-pyrrole nitrogens is 2. The van der Waals surface area contributed by atoms with Gasteiger partial charge < -0.3 is 25.1 Å². The number of hydrogen-bond donors (Lipinski definition) is 4. The fourth-order valence-corrected chi connectivity index (χ4v) is 7.62. The number of nitrogens with zero attached hydrogens (tertiary/aromatic N) is 3. The maximum absolute atomic E-state index is 13.5. The van der Waals surface area contributed by atoms with Gasteiger partial charge in [-0.25, -0.2) is 4.98 Å². The van der Waals surface area contributed by atoms with E-state index >= 15 is 0 Å². The van der Waals surface area contributed by atoms with Crippen LogP contribution in [0, 0.1) is 13.8 Å². The molecular weight excluding hydrogens is 642 g/mol. The van der Waals surface area contributed by atoms with E-state index < -0.39 is 17.4 Å². The fraction of sp³-hybridized carbons (Fsp3) is 0.488. The van der Waals surface area contributed by atoms with Crippen molar-refractivity contribution in [1.29, 1.82) is 0 Å². The van der Waals surface area contributed by atoms with Crippen molar-refractivity contribution in [2.24, 2.45) is 0 Å². The molecule has 2 aliphatic rings. The van der Waals surface area contributed by atoms with Crippen LogP contribution in [0.3, 0.4) is 0 Å². The lowest BCUT2D eigenvalue weighted by atomic mass is 9.70. The highest BCUT2D eigenvalue weighted by molar-refractivity contribution is 5.93. The number of allylic oxidation sites excluding steroid dienone is 2. The van der Waals surface area contributed by atoms with Gasteiger partial charge in [0.2, 0.25) is 5.91 Å². The second-order valence-corrected chi connectivity index (χ2v) is 14.8. The van der Waals surface area contributed by atoms with Gasteiger partial charge in [-0.05, 0) is 98.2 Å². The van der Waals surface area contributed by atoms with E-state index in [9.17, 15) is 24.6 Å². The number of aliphatic carboxylic acids is 2. The van der Waals surface area contributed by atoms with Gasteiger partial charge in [0.25, 0.3) is 0 Å². The molecule has 51 heavy (non-hydrogen) atoms. The third kappa shape index (κ3) is 8.26. The zero-order valence-electron chi connectivity index (χ0n) is 31.2. The Morgan fingerprint density at radius 1 is 0.824 bits per heavy atom. The van der Waals surface area contributed by atoms with E-state index in [0.29, 0.717) is 25.0 Å². The van der Waals surface area contributed by atoms with Crippen molar-refractivity contribution in [3.05, 3.63) is 69.8 Å². The number of carbonyl (C=O) groups excluding carboxylic acids is 1. The van der Waals surface area contributed by atoms with E-state index in [0.717, 1.165) is 86.2 Å². The van der Waals surface area contributed by atoms with Crippen molar-refractivity contribution < 1.29 is 24.6 Å². The molecule has 5 heterocycles. The SMILES string of the molecule is CCCCCCC[C@H]1c2cc3[nH]c(cc4nc(cc5[nH]c(cc(n2)[C@@]1(C)CC(=O)N(C)C)c(C)c5CCC(=O)O)C(CCC(=O)O)=C4C)cc3C. The number of nitrogens with one attached hydrogen (secondary N) is 2. The van der Waals surface area contributed by atoms with Crippen LogP contribution in [-0.4, -0.2) is 67.0 Å². The van der Waals surface area contributed by atoms with Gasteiger partial charge >= 0.3 is 11.9 Å². The van der Waals surface area contributed by atoms with E-state index in [1.165, 1.54) is 19.3 Å². The predicted molar refractivity (Wildman–Crippen MR) is 203 cm³/mol. The van der Waals surface area contributed by atoms with Gasteiger partial charge in [-0.1, -0.05) is 46.0 Å². The van der Waals surface area contributed by atoms with Crippen molar-refractivity contribution in [1.82, 2.24) is 24.8 Å². The molecule has 0 spiro atoms. The summed E-state index contributed by atoms with van der Waals surface area (Å²) in [6.45, 7) is 10.4. The maximum atomic E-state index is 13.5. The van der Waals surface area contributed by atoms with Crippen LogP contribution in [-0.2, 0) is 26.2 Å². The number of carboxylic acids is 2. The van der Waals surface area contributed by atoms with Crippen LogP contribution in [0.15, 0.2) is 30.3 Å². The van der Waals surface area contributed by atoms with Crippen LogP contribution >= 0.6 is 0 Å². The van der Waals surface area contributed by atoms with E-state index in [1.54, 1.807) is 19.0 Å². The molecule has 3 aromatic rings. The first-order chi connectivity index (χ1) is 24.2. The average Bonchev–Trinajstić information content (AvgIpc) is 3.72. The van der Waals surface area contributed by atoms with Gasteiger partial charge in [0.15, 0.2) is 0 Å². The fourth-order valence-electron chi connectivity index (χ4n) is 7.62. The number of unbranched alkanes of at least 4 members (excludes halogenated alkanes) is 4. The molecule has 0 saturated carbocycles. The molecule has 3 aromatic heterocycles. The Kier molecular flexibility index (Phi) is 11.5. The number of fused-ring (bicyclic) bond motifs is 8. The molecule has 10 heteroatoms. The largest absolute Gasteiger partial charge is 0.481 e. The minimum absolute atomic E-state index is 0.00536. The number of aromatic nitrogens is 4. The number of amides is 1. The van der Waals surface area contributed by atoms with Gasteiger partial charge in [-0.2, -0.15) is 0 Å². The molecule has 0 aromatic carbocycles. The third-order valence-electron chi connectivity index (χ3n) is 10.8. The summed E-state index contributed by atoms with van der Waals surface area (Å²) in [5.41, 5.74) is 10.5. The Labute approximate surface area is 300 Å². The molecule has 272 valence electrons. The molecule has 8 bridgehead atoms. The van der Waals surface area contributed by atoms with Crippen LogP contribution < -0.4 is 0 Å². The smallest absolute Gasteiger partial charge is 0.303 e. The van der Waals surface area contributed by atoms with E-state index in [4.69, 9.17) is 9.97 Å². The van der Waals surface area contributed by atoms with E-state index in [2.05, 4.69) is 48.9 Å². The standard InChI is InChI=1S/C41H53N5O5/c1-8-9-10-11-12-13-30-36-20-31-24(2)18-27(42-31)19-32-25(3)28(14-16-39(48)49)34(43-32)21-35-29(15-17-40(50)51)26(4)33(44-35)22-37(45-36)41(30,5)23-38(47)46(6)7/h18-22,30,42,44H,8-17,23H2,1-7H3,(H,48,49)(H,50,51)/t30-,41-/m0/s1. The summed E-state index contributed by atoms with van der Waals surface area (Å²) in [5, 5.41) is 19.2. The molecule has 0 aliphatic carbocycles. The average molecular weight is 696 g/mol. The normalized spacial score (nSPS) is 17.2. The van der Waals surface area contributed by atoms with Gasteiger partial charge in [0, 0.05) is 78.1 Å². The first-order valence-electron chi connectivity index (χ1n) is 18.3. The lowest BCUT2D eigenvalue weighted by Gasteiger charge is -2.32. The van der Waals surface area contributed by atoms with Crippen LogP contribution in [0.4, 0.5) is 0 Å². The highest BCUT2D eigenvalue weighted by atomic mass is 16.4. The highest BCUT2D eigenvalue weighted by Crippen LogP contribution is 2.48. The van der Waals surface area contributed by atoms with Crippen LogP contribution in [0.25, 0.3) is 33.2 Å². The lowest BCUT2D eigenvalue weighted by molar-refractivity contribution is -0.137. The number of aryl methyl sites for hydroxylation is 3. The first kappa shape index (κ1) is 37.5. The highest BCUT2D eigenvalue weighted by Gasteiger charge is 2.44. The summed E-state index contributed by atoms with van der Waals surface area (Å²) in [5.74, 6) is -1.73. The molecule has 2 aliphatic heterocycles. The second-order valence-electron chi connectivity index (χ2n) is 14.8. The Bertz CT molecular complexity index is 2020. The Morgan fingerprint density at radius 2 is 1.53 bits per heavy atom. The van der Waals surface area contributed by atoms with E-state index in [-0.39, 0.29) is 24.7 Å². The van der Waals surface area contributed by atoms with Crippen LogP contribution in [0.1, 0.15) is 130 Å². The number of rotatable bonds is 14. The minimum atomic E-state index is -0.890. The third-order valence-corrected chi connectivity index (χ3v) is 10.8. The molecule has 5 rings (SSSR count). The topological polar surface area (TPSA) is 152 Å². The summed E-state index contributed by atoms with van der Waals surface area (Å²) >= 11 is 0. The monoisotopic (exact) mass is 695 g/mol. The number of carboxylic acid groups (broad SMARTS) is 2. The summed E-state index contributed by atoms with van der Waals surface area (Å²) in [6, 6.07) is 10.2. The van der Waals surface area contributed by atoms with Crippen molar-refractivity contribution in [3.8, 4) is 0 Å². The van der Waals surface area contributed by atoms with Gasteiger partial charge in [-0.3, -0.25) is 19.4 Å². The van der Waals surface area contributed by atoms with Crippen LogP contribution in [0.2, 0.25) is 0 Å². The minimum Gasteiger partial charge on any atom is -0.481 e. The summed E-state index contributed by atoms with van der Waals surface area (Å²) < 4.78 is 0. The van der Waals surface area contributed by atoms with Crippen molar-refractivity contribution in [2.75, 3.05) is 14.1 Å². The van der Waals surface area contributed by atoms with Crippen molar-refractivity contribution in [2.45, 2.75) is 117 Å².